The second kappa shape index (κ2) is 7.04. The molecule has 6 heteroatoms. The van der Waals surface area contributed by atoms with Crippen LogP contribution >= 0.6 is 0 Å². The number of nitrogens with zero attached hydrogens (tertiary/aromatic N) is 1. The number of carbonyl (C=O) groups is 2. The van der Waals surface area contributed by atoms with Crippen LogP contribution in [0.15, 0.2) is 30.3 Å². The summed E-state index contributed by atoms with van der Waals surface area (Å²) in [5, 5.41) is 9.22. The maximum Gasteiger partial charge on any atom is 0.412 e. The van der Waals surface area contributed by atoms with Crippen LogP contribution in [0.2, 0.25) is 0 Å². The van der Waals surface area contributed by atoms with Gasteiger partial charge in [0.15, 0.2) is 0 Å². The maximum atomic E-state index is 12.8. The Morgan fingerprint density at radius 2 is 1.84 bits per heavy atom. The molecule has 0 unspecified atom stereocenters. The molecule has 0 radical (unpaired) electrons. The predicted molar refractivity (Wildman–Crippen MR) is 93.2 cm³/mol. The van der Waals surface area contributed by atoms with Crippen LogP contribution in [0.4, 0.5) is 4.79 Å². The summed E-state index contributed by atoms with van der Waals surface area (Å²) in [6, 6.07) is 9.25. The molecule has 0 aliphatic carbocycles. The zero-order valence-electron chi connectivity index (χ0n) is 15.5. The minimum absolute atomic E-state index is 0.166. The van der Waals surface area contributed by atoms with E-state index in [-0.39, 0.29) is 6.42 Å². The van der Waals surface area contributed by atoms with Crippen molar-refractivity contribution in [2.75, 3.05) is 0 Å². The minimum Gasteiger partial charge on any atom is -0.481 e. The molecule has 2 atom stereocenters. The van der Waals surface area contributed by atoms with Crippen molar-refractivity contribution in [2.45, 2.75) is 70.9 Å². The third-order valence-electron chi connectivity index (χ3n) is 4.03. The van der Waals surface area contributed by atoms with E-state index in [1.807, 2.05) is 30.3 Å². The quantitative estimate of drug-likeness (QED) is 0.901. The number of benzene rings is 1. The summed E-state index contributed by atoms with van der Waals surface area (Å²) in [4.78, 5) is 25.6. The Kier molecular flexibility index (Phi) is 5.42. The molecular weight excluding hydrogens is 322 g/mol. The van der Waals surface area contributed by atoms with E-state index in [9.17, 15) is 14.7 Å². The Morgan fingerprint density at radius 1 is 1.24 bits per heavy atom. The molecule has 0 saturated carbocycles. The van der Waals surface area contributed by atoms with Gasteiger partial charge in [0, 0.05) is 0 Å². The van der Waals surface area contributed by atoms with E-state index in [1.54, 1.807) is 39.5 Å². The summed E-state index contributed by atoms with van der Waals surface area (Å²) in [7, 11) is 0. The predicted octanol–water partition coefficient (Wildman–Crippen LogP) is 3.44. The lowest BCUT2D eigenvalue weighted by Gasteiger charge is -2.35. The fourth-order valence-corrected chi connectivity index (χ4v) is 3.17. The summed E-state index contributed by atoms with van der Waals surface area (Å²) >= 11 is 0. The number of amides is 1. The first-order valence-electron chi connectivity index (χ1n) is 8.45. The summed E-state index contributed by atoms with van der Waals surface area (Å²) in [6.45, 7) is 8.93. The average Bonchev–Trinajstić information content (AvgIpc) is 2.67. The molecule has 1 saturated heterocycles. The lowest BCUT2D eigenvalue weighted by molar-refractivity contribution is -0.141. The van der Waals surface area contributed by atoms with Gasteiger partial charge in [0.1, 0.15) is 11.3 Å². The third-order valence-corrected chi connectivity index (χ3v) is 4.03. The van der Waals surface area contributed by atoms with Crippen LogP contribution in [-0.2, 0) is 20.7 Å². The van der Waals surface area contributed by atoms with Crippen LogP contribution < -0.4 is 0 Å². The summed E-state index contributed by atoms with van der Waals surface area (Å²) in [6.07, 6.45) is -0.756. The topological polar surface area (TPSA) is 76.1 Å². The highest BCUT2D eigenvalue weighted by Crippen LogP contribution is 2.36. The van der Waals surface area contributed by atoms with Gasteiger partial charge in [-0.25, -0.2) is 4.79 Å². The van der Waals surface area contributed by atoms with Gasteiger partial charge in [-0.3, -0.25) is 9.69 Å². The zero-order valence-corrected chi connectivity index (χ0v) is 15.5. The van der Waals surface area contributed by atoms with Crippen LogP contribution in [0.25, 0.3) is 0 Å². The Labute approximate surface area is 148 Å². The van der Waals surface area contributed by atoms with E-state index in [0.29, 0.717) is 6.42 Å². The van der Waals surface area contributed by atoms with Crippen molar-refractivity contribution in [3.8, 4) is 0 Å². The molecule has 1 N–H and O–H groups in total. The van der Waals surface area contributed by atoms with E-state index in [0.717, 1.165) is 5.56 Å². The molecule has 1 aromatic carbocycles. The highest BCUT2D eigenvalue weighted by molar-refractivity contribution is 5.71. The summed E-state index contributed by atoms with van der Waals surface area (Å²) in [5.41, 5.74) is -0.574. The molecule has 0 bridgehead atoms. The summed E-state index contributed by atoms with van der Waals surface area (Å²) < 4.78 is 11.5. The van der Waals surface area contributed by atoms with Gasteiger partial charge in [-0.1, -0.05) is 30.3 Å². The lowest BCUT2D eigenvalue weighted by atomic mass is 9.98. The van der Waals surface area contributed by atoms with Gasteiger partial charge >= 0.3 is 12.1 Å². The number of hydrogen-bond acceptors (Lipinski definition) is 4. The monoisotopic (exact) mass is 349 g/mol. The van der Waals surface area contributed by atoms with Crippen molar-refractivity contribution in [3.63, 3.8) is 0 Å². The minimum atomic E-state index is -0.954. The molecule has 25 heavy (non-hydrogen) atoms. The first-order chi connectivity index (χ1) is 11.5. The normalized spacial score (nSPS) is 22.7. The largest absolute Gasteiger partial charge is 0.481 e. The van der Waals surface area contributed by atoms with Crippen molar-refractivity contribution in [1.82, 2.24) is 4.90 Å². The Morgan fingerprint density at radius 3 is 2.36 bits per heavy atom. The van der Waals surface area contributed by atoms with Crippen LogP contribution in [-0.4, -0.2) is 45.5 Å². The van der Waals surface area contributed by atoms with Gasteiger partial charge in [0.25, 0.3) is 0 Å². The van der Waals surface area contributed by atoms with Crippen molar-refractivity contribution in [3.05, 3.63) is 35.9 Å². The molecule has 1 amide bonds. The molecule has 0 aromatic heterocycles. The highest BCUT2D eigenvalue weighted by atomic mass is 16.6. The smallest absolute Gasteiger partial charge is 0.412 e. The number of ether oxygens (including phenoxy) is 2. The zero-order chi connectivity index (χ0) is 18.8. The molecule has 1 aromatic rings. The van der Waals surface area contributed by atoms with E-state index in [2.05, 4.69) is 0 Å². The molecule has 0 spiro atoms. The molecule has 1 aliphatic rings. The molecule has 1 fully saturated rings. The summed E-state index contributed by atoms with van der Waals surface area (Å²) in [5.74, 6) is -0.954. The Hall–Kier alpha value is -2.08. The highest BCUT2D eigenvalue weighted by Gasteiger charge is 2.51. The third kappa shape index (κ3) is 4.95. The molecule has 2 rings (SSSR count). The van der Waals surface area contributed by atoms with Gasteiger partial charge in [0.2, 0.25) is 0 Å². The number of aliphatic carboxylic acids is 1. The maximum absolute atomic E-state index is 12.8. The molecule has 6 nitrogen and oxygen atoms in total. The van der Waals surface area contributed by atoms with E-state index in [1.165, 1.54) is 0 Å². The SMILES string of the molecule is CC(C)(C)OC(=O)N1[C@H](Cc2ccccc2)[C@H](CC(=O)O)OC1(C)C. The average molecular weight is 349 g/mol. The molecule has 1 heterocycles. The van der Waals surface area contributed by atoms with Gasteiger partial charge in [-0.05, 0) is 46.6 Å². The molecule has 1 aliphatic heterocycles. The van der Waals surface area contributed by atoms with Crippen LogP contribution in [0.1, 0.15) is 46.6 Å². The van der Waals surface area contributed by atoms with Crippen LogP contribution in [0.5, 0.6) is 0 Å². The van der Waals surface area contributed by atoms with Crippen LogP contribution in [0, 0.1) is 0 Å². The second-order valence-corrected chi connectivity index (χ2v) is 7.81. The van der Waals surface area contributed by atoms with E-state index < -0.39 is 35.5 Å². The van der Waals surface area contributed by atoms with E-state index >= 15 is 0 Å². The van der Waals surface area contributed by atoms with Gasteiger partial charge < -0.3 is 14.6 Å². The molecule has 138 valence electrons. The molecular formula is C19H27NO5. The lowest BCUT2D eigenvalue weighted by Crippen LogP contribution is -2.51. The first kappa shape index (κ1) is 19.2. The fraction of sp³-hybridized carbons (Fsp3) is 0.579. The van der Waals surface area contributed by atoms with Crippen LogP contribution in [0.3, 0.4) is 0 Å². The van der Waals surface area contributed by atoms with E-state index in [4.69, 9.17) is 9.47 Å². The number of carboxylic acids is 1. The van der Waals surface area contributed by atoms with Gasteiger partial charge in [-0.2, -0.15) is 0 Å². The second-order valence-electron chi connectivity index (χ2n) is 7.81. The van der Waals surface area contributed by atoms with Crippen molar-refractivity contribution in [2.24, 2.45) is 0 Å². The Balaban J connectivity index is 2.33. The van der Waals surface area contributed by atoms with Gasteiger partial charge in [0.05, 0.1) is 18.6 Å². The standard InChI is InChI=1S/C19H27NO5/c1-18(2,3)25-17(23)20-14(11-13-9-7-6-8-10-13)15(12-16(21)22)24-19(20,4)5/h6-10,14-15H,11-12H2,1-5H3,(H,21,22)/t14-,15+/m1/s1. The Bertz CT molecular complexity index is 620. The van der Waals surface area contributed by atoms with Crippen molar-refractivity contribution < 1.29 is 24.2 Å². The number of hydrogen-bond donors (Lipinski definition) is 1. The fourth-order valence-electron chi connectivity index (χ4n) is 3.17. The number of carboxylic acid groups (broad SMARTS) is 1. The number of rotatable bonds is 4. The van der Waals surface area contributed by atoms with Crippen molar-refractivity contribution >= 4 is 12.1 Å². The van der Waals surface area contributed by atoms with Gasteiger partial charge in [-0.15, -0.1) is 0 Å². The van der Waals surface area contributed by atoms with Crippen molar-refractivity contribution in [1.29, 1.82) is 0 Å². The first-order valence-corrected chi connectivity index (χ1v) is 8.45. The number of carbonyl (C=O) groups excluding carboxylic acids is 1.